The van der Waals surface area contributed by atoms with Crippen LogP contribution in [0.4, 0.5) is 0 Å². The van der Waals surface area contributed by atoms with Crippen LogP contribution in [-0.4, -0.2) is 13.0 Å². The van der Waals surface area contributed by atoms with Gasteiger partial charge >= 0.3 is 0 Å². The fourth-order valence-corrected chi connectivity index (χ4v) is 0.0833. The number of nitrogens with one attached hydrogen (secondary N) is 1. The van der Waals surface area contributed by atoms with Crippen molar-refractivity contribution in [3.05, 3.63) is 6.54 Å². The summed E-state index contributed by atoms with van der Waals surface area (Å²) >= 11 is 0. The first kappa shape index (κ1) is 10.4. The Balaban J connectivity index is 0. The standard InChI is InChI=1S/C3H7N2O.Y/c1-5-3(6)2-4;/h2H,4H2,1H3,(H,5,6);/q-1;. The van der Waals surface area contributed by atoms with Gasteiger partial charge in [-0.15, -0.1) is 0 Å². The fourth-order valence-electron chi connectivity index (χ4n) is 0.0833. The first-order valence-corrected chi connectivity index (χ1v) is 1.58. The first-order valence-electron chi connectivity index (χ1n) is 1.58. The van der Waals surface area contributed by atoms with Crippen molar-refractivity contribution >= 4 is 5.91 Å². The Bertz CT molecular complexity index is 50.9. The molecule has 7 heavy (non-hydrogen) atoms. The van der Waals surface area contributed by atoms with Gasteiger partial charge in [0, 0.05) is 39.8 Å². The zero-order valence-electron chi connectivity index (χ0n) is 4.14. The Labute approximate surface area is 67.9 Å². The second-order valence-electron chi connectivity index (χ2n) is 0.781. The van der Waals surface area contributed by atoms with Crippen LogP contribution in [0.1, 0.15) is 0 Å². The zero-order valence-corrected chi connectivity index (χ0v) is 6.98. The molecule has 4 heteroatoms. The second kappa shape index (κ2) is 6.40. The molecule has 0 atom stereocenters. The molecule has 0 aromatic heterocycles. The van der Waals surface area contributed by atoms with Crippen LogP contribution in [0.25, 0.3) is 0 Å². The number of rotatable bonds is 1. The normalized spacial score (nSPS) is 6.00. The topological polar surface area (TPSA) is 55.1 Å². The molecule has 0 saturated heterocycles. The second-order valence-corrected chi connectivity index (χ2v) is 0.781. The van der Waals surface area contributed by atoms with Crippen molar-refractivity contribution in [2.45, 2.75) is 0 Å². The molecule has 1 amide bonds. The van der Waals surface area contributed by atoms with Crippen molar-refractivity contribution < 1.29 is 37.5 Å². The van der Waals surface area contributed by atoms with Gasteiger partial charge in [-0.25, -0.2) is 6.54 Å². The summed E-state index contributed by atoms with van der Waals surface area (Å²) in [7, 11) is 1.52. The molecule has 0 heterocycles. The van der Waals surface area contributed by atoms with Crippen LogP contribution in [0.3, 0.4) is 0 Å². The molecular weight excluding hydrogens is 169 g/mol. The third-order valence-electron chi connectivity index (χ3n) is 0.398. The van der Waals surface area contributed by atoms with Crippen molar-refractivity contribution in [1.29, 1.82) is 0 Å². The average molecular weight is 176 g/mol. The molecule has 39 valence electrons. The van der Waals surface area contributed by atoms with Crippen LogP contribution in [0, 0.1) is 6.54 Å². The molecule has 0 aliphatic carbocycles. The summed E-state index contributed by atoms with van der Waals surface area (Å²) in [6.45, 7) is 0.972. The van der Waals surface area contributed by atoms with Crippen LogP contribution < -0.4 is 11.1 Å². The summed E-state index contributed by atoms with van der Waals surface area (Å²) in [6, 6.07) is 0. The molecule has 3 N–H and O–H groups in total. The molecule has 0 rings (SSSR count). The van der Waals surface area contributed by atoms with Crippen molar-refractivity contribution in [3.8, 4) is 0 Å². The molecule has 0 fully saturated rings. The summed E-state index contributed by atoms with van der Waals surface area (Å²) in [5, 5.41) is 2.30. The van der Waals surface area contributed by atoms with E-state index >= 15 is 0 Å². The minimum atomic E-state index is -0.255. The van der Waals surface area contributed by atoms with Gasteiger partial charge in [-0.05, 0) is 0 Å². The smallest absolute Gasteiger partial charge is 0.0948 e. The minimum absolute atomic E-state index is 0. The first-order chi connectivity index (χ1) is 2.81. The third kappa shape index (κ3) is 6.40. The van der Waals surface area contributed by atoms with Crippen LogP contribution in [0.5, 0.6) is 0 Å². The maximum atomic E-state index is 9.89. The molecule has 3 nitrogen and oxygen atoms in total. The summed E-state index contributed by atoms with van der Waals surface area (Å²) < 4.78 is 0. The molecule has 0 bridgehead atoms. The number of hydrogen-bond donors (Lipinski definition) is 2. The Hall–Kier alpha value is 0.404. The fraction of sp³-hybridized carbons (Fsp3) is 0.333. The number of hydrogen-bond acceptors (Lipinski definition) is 2. The van der Waals surface area contributed by atoms with E-state index in [1.165, 1.54) is 7.05 Å². The minimum Gasteiger partial charge on any atom is -0.460 e. The summed E-state index contributed by atoms with van der Waals surface area (Å²) in [6.07, 6.45) is 0. The summed E-state index contributed by atoms with van der Waals surface area (Å²) in [5.74, 6) is -0.255. The van der Waals surface area contributed by atoms with Crippen LogP contribution in [0.15, 0.2) is 0 Å². The van der Waals surface area contributed by atoms with Crippen LogP contribution in [-0.2, 0) is 37.5 Å². The number of carbonyl (C=O) groups excluding carboxylic acids is 1. The molecule has 0 spiro atoms. The molecule has 0 aliphatic rings. The summed E-state index contributed by atoms with van der Waals surface area (Å²) in [5.41, 5.74) is 4.75. The van der Waals surface area contributed by atoms with E-state index in [-0.39, 0.29) is 38.6 Å². The van der Waals surface area contributed by atoms with E-state index in [1.807, 2.05) is 0 Å². The monoisotopic (exact) mass is 176 g/mol. The van der Waals surface area contributed by atoms with Gasteiger partial charge < -0.3 is 15.8 Å². The third-order valence-corrected chi connectivity index (χ3v) is 0.398. The Kier molecular flexibility index (Phi) is 9.51. The molecule has 0 aromatic carbocycles. The SMILES string of the molecule is CNC(=O)[CH-]N.[Y]. The quantitative estimate of drug-likeness (QED) is 0.495. The molecule has 1 radical (unpaired) electrons. The van der Waals surface area contributed by atoms with Crippen LogP contribution >= 0.6 is 0 Å². The van der Waals surface area contributed by atoms with Crippen LogP contribution in [0.2, 0.25) is 0 Å². The summed E-state index contributed by atoms with van der Waals surface area (Å²) in [4.78, 5) is 9.89. The molecular formula is C3H7N2OY-. The van der Waals surface area contributed by atoms with Crippen molar-refractivity contribution in [2.75, 3.05) is 7.05 Å². The number of carbonyl (C=O) groups is 1. The van der Waals surface area contributed by atoms with E-state index in [9.17, 15) is 4.79 Å². The Morgan fingerprint density at radius 2 is 2.29 bits per heavy atom. The van der Waals surface area contributed by atoms with Crippen molar-refractivity contribution in [2.24, 2.45) is 5.73 Å². The van der Waals surface area contributed by atoms with E-state index in [1.54, 1.807) is 0 Å². The van der Waals surface area contributed by atoms with Gasteiger partial charge in [0.1, 0.15) is 0 Å². The predicted molar refractivity (Wildman–Crippen MR) is 22.6 cm³/mol. The maximum absolute atomic E-state index is 9.89. The predicted octanol–water partition coefficient (Wildman–Crippen LogP) is -1.15. The van der Waals surface area contributed by atoms with E-state index in [2.05, 4.69) is 5.32 Å². The number of likely N-dealkylation sites (N-methyl/N-ethyl adjacent to an activating group) is 1. The van der Waals surface area contributed by atoms with E-state index < -0.39 is 0 Å². The largest absolute Gasteiger partial charge is 0.460 e. The number of nitrogens with two attached hydrogens (primary N) is 1. The van der Waals surface area contributed by atoms with Crippen molar-refractivity contribution in [1.82, 2.24) is 5.32 Å². The Morgan fingerprint density at radius 1 is 1.86 bits per heavy atom. The van der Waals surface area contributed by atoms with Gasteiger partial charge in [0.25, 0.3) is 0 Å². The molecule has 0 saturated carbocycles. The average Bonchev–Trinajstić information content (AvgIpc) is 1.65. The van der Waals surface area contributed by atoms with Gasteiger partial charge in [-0.2, -0.15) is 0 Å². The van der Waals surface area contributed by atoms with E-state index in [4.69, 9.17) is 5.73 Å². The molecule has 0 aliphatic heterocycles. The van der Waals surface area contributed by atoms with E-state index in [0.717, 1.165) is 6.54 Å². The molecule has 0 aromatic rings. The maximum Gasteiger partial charge on any atom is 0.0948 e. The number of amides is 1. The van der Waals surface area contributed by atoms with Gasteiger partial charge in [0.15, 0.2) is 0 Å². The van der Waals surface area contributed by atoms with Gasteiger partial charge in [-0.3, -0.25) is 0 Å². The van der Waals surface area contributed by atoms with E-state index in [0.29, 0.717) is 0 Å². The van der Waals surface area contributed by atoms with Crippen molar-refractivity contribution in [3.63, 3.8) is 0 Å². The zero-order chi connectivity index (χ0) is 4.99. The molecule has 0 unspecified atom stereocenters. The van der Waals surface area contributed by atoms with Gasteiger partial charge in [0.05, 0.1) is 5.91 Å². The van der Waals surface area contributed by atoms with Gasteiger partial charge in [0.2, 0.25) is 0 Å². The Morgan fingerprint density at radius 3 is 2.29 bits per heavy atom. The van der Waals surface area contributed by atoms with Gasteiger partial charge in [-0.1, -0.05) is 0 Å².